The molecular formula is C16H16F3N7O2S. The van der Waals surface area contributed by atoms with Crippen molar-refractivity contribution in [2.24, 2.45) is 0 Å². The maximum Gasteiger partial charge on any atom is 0.573 e. The Morgan fingerprint density at radius 1 is 1.24 bits per heavy atom. The van der Waals surface area contributed by atoms with Crippen molar-refractivity contribution in [2.75, 3.05) is 16.9 Å². The number of nitrogens with two attached hydrogens (primary N) is 1. The van der Waals surface area contributed by atoms with E-state index < -0.39 is 12.3 Å². The van der Waals surface area contributed by atoms with Crippen LogP contribution in [0.5, 0.6) is 5.75 Å². The van der Waals surface area contributed by atoms with Gasteiger partial charge in [0.2, 0.25) is 11.1 Å². The number of halogens is 3. The highest BCUT2D eigenvalue weighted by Gasteiger charge is 2.31. The van der Waals surface area contributed by atoms with Crippen molar-refractivity contribution in [3.8, 4) is 11.7 Å². The van der Waals surface area contributed by atoms with E-state index in [2.05, 4.69) is 25.3 Å². The van der Waals surface area contributed by atoms with Gasteiger partial charge < -0.3 is 15.9 Å². The summed E-state index contributed by atoms with van der Waals surface area (Å²) in [5, 5.41) is 15.1. The predicted molar refractivity (Wildman–Crippen MR) is 99.2 cm³/mol. The average molecular weight is 427 g/mol. The quantitative estimate of drug-likeness (QED) is 0.459. The molecule has 3 rings (SSSR count). The van der Waals surface area contributed by atoms with E-state index in [9.17, 15) is 18.0 Å². The summed E-state index contributed by atoms with van der Waals surface area (Å²) in [7, 11) is 0. The first kappa shape index (κ1) is 20.5. The van der Waals surface area contributed by atoms with E-state index in [4.69, 9.17) is 5.84 Å². The SMILES string of the molecule is Cc1cc(C)n(-c2nnc(SCC(=O)Nc3ccc(OC(F)(F)F)cc3)n2N)n1. The van der Waals surface area contributed by atoms with Gasteiger partial charge in [0, 0.05) is 11.4 Å². The van der Waals surface area contributed by atoms with Crippen LogP contribution in [0.3, 0.4) is 0 Å². The van der Waals surface area contributed by atoms with Gasteiger partial charge in [0.15, 0.2) is 0 Å². The number of rotatable bonds is 6. The minimum absolute atomic E-state index is 0.0345. The molecule has 0 fully saturated rings. The lowest BCUT2D eigenvalue weighted by molar-refractivity contribution is -0.274. The molecule has 13 heteroatoms. The molecule has 3 aromatic rings. The number of amides is 1. The summed E-state index contributed by atoms with van der Waals surface area (Å²) >= 11 is 1.05. The van der Waals surface area contributed by atoms with Crippen LogP contribution >= 0.6 is 11.8 Å². The highest BCUT2D eigenvalue weighted by atomic mass is 32.2. The van der Waals surface area contributed by atoms with E-state index in [1.165, 1.54) is 21.5 Å². The summed E-state index contributed by atoms with van der Waals surface area (Å²) in [4.78, 5) is 12.1. The second-order valence-corrected chi connectivity index (χ2v) is 6.84. The van der Waals surface area contributed by atoms with Crippen molar-refractivity contribution >= 4 is 23.4 Å². The Labute approximate surface area is 167 Å². The molecule has 2 heterocycles. The number of hydrogen-bond acceptors (Lipinski definition) is 7. The third kappa shape index (κ3) is 5.19. The fraction of sp³-hybridized carbons (Fsp3) is 0.250. The predicted octanol–water partition coefficient (Wildman–Crippen LogP) is 2.42. The summed E-state index contributed by atoms with van der Waals surface area (Å²) < 4.78 is 43.0. The molecule has 3 N–H and O–H groups in total. The second kappa shape index (κ2) is 8.03. The maximum absolute atomic E-state index is 12.2. The molecule has 29 heavy (non-hydrogen) atoms. The molecule has 1 aromatic carbocycles. The summed E-state index contributed by atoms with van der Waals surface area (Å²) in [6.07, 6.45) is -4.77. The number of carbonyl (C=O) groups excluding carboxylic acids is 1. The minimum atomic E-state index is -4.77. The van der Waals surface area contributed by atoms with Crippen molar-refractivity contribution in [3.05, 3.63) is 41.7 Å². The minimum Gasteiger partial charge on any atom is -0.406 e. The zero-order valence-electron chi connectivity index (χ0n) is 15.3. The molecule has 0 bridgehead atoms. The zero-order valence-corrected chi connectivity index (χ0v) is 16.1. The third-order valence-corrected chi connectivity index (χ3v) is 4.49. The third-order valence-electron chi connectivity index (χ3n) is 3.55. The van der Waals surface area contributed by atoms with Crippen molar-refractivity contribution in [1.29, 1.82) is 0 Å². The van der Waals surface area contributed by atoms with Gasteiger partial charge in [-0.1, -0.05) is 11.8 Å². The van der Waals surface area contributed by atoms with E-state index in [1.807, 2.05) is 19.9 Å². The number of benzene rings is 1. The molecule has 9 nitrogen and oxygen atoms in total. The van der Waals surface area contributed by atoms with Gasteiger partial charge in [-0.15, -0.1) is 23.4 Å². The number of nitrogens with zero attached hydrogens (tertiary/aromatic N) is 5. The Morgan fingerprint density at radius 2 is 1.93 bits per heavy atom. The van der Waals surface area contributed by atoms with E-state index >= 15 is 0 Å². The van der Waals surface area contributed by atoms with E-state index in [1.54, 1.807) is 0 Å². The van der Waals surface area contributed by atoms with Crippen LogP contribution in [-0.4, -0.2) is 42.7 Å². The Kier molecular flexibility index (Phi) is 5.68. The molecule has 0 saturated heterocycles. The Morgan fingerprint density at radius 3 is 2.52 bits per heavy atom. The van der Waals surface area contributed by atoms with Gasteiger partial charge in [0.05, 0.1) is 11.4 Å². The van der Waals surface area contributed by atoms with E-state index in [0.717, 1.165) is 35.3 Å². The summed E-state index contributed by atoms with van der Waals surface area (Å²) in [5.41, 5.74) is 1.95. The molecule has 0 saturated carbocycles. The van der Waals surface area contributed by atoms with Gasteiger partial charge in [-0.05, 0) is 44.2 Å². The van der Waals surface area contributed by atoms with Crippen LogP contribution in [0.2, 0.25) is 0 Å². The molecule has 1 amide bonds. The number of thioether (sulfide) groups is 1. The van der Waals surface area contributed by atoms with Crippen LogP contribution in [0, 0.1) is 13.8 Å². The molecule has 0 aliphatic carbocycles. The number of carbonyl (C=O) groups is 1. The molecule has 0 radical (unpaired) electrons. The molecule has 2 aromatic heterocycles. The van der Waals surface area contributed by atoms with E-state index in [0.29, 0.717) is 16.8 Å². The van der Waals surface area contributed by atoms with Crippen LogP contribution in [0.1, 0.15) is 11.4 Å². The van der Waals surface area contributed by atoms with Gasteiger partial charge in [0.1, 0.15) is 5.75 Å². The molecule has 0 unspecified atom stereocenters. The number of anilines is 1. The van der Waals surface area contributed by atoms with Gasteiger partial charge in [-0.25, -0.2) is 9.36 Å². The van der Waals surface area contributed by atoms with Gasteiger partial charge in [0.25, 0.3) is 5.95 Å². The zero-order chi connectivity index (χ0) is 21.2. The van der Waals surface area contributed by atoms with Crippen LogP contribution in [0.15, 0.2) is 35.5 Å². The Hall–Kier alpha value is -3.22. The number of nitrogens with one attached hydrogen (secondary N) is 1. The van der Waals surface area contributed by atoms with Crippen LogP contribution in [-0.2, 0) is 4.79 Å². The van der Waals surface area contributed by atoms with E-state index in [-0.39, 0.29) is 11.5 Å². The topological polar surface area (TPSA) is 113 Å². The summed E-state index contributed by atoms with van der Waals surface area (Å²) in [5.74, 6) is 5.49. The molecule has 154 valence electrons. The summed E-state index contributed by atoms with van der Waals surface area (Å²) in [6, 6.07) is 6.67. The normalized spacial score (nSPS) is 11.5. The number of aromatic nitrogens is 5. The molecule has 0 spiro atoms. The smallest absolute Gasteiger partial charge is 0.406 e. The number of nitrogen functional groups attached to an aromatic ring is 1. The van der Waals surface area contributed by atoms with Gasteiger partial charge in [-0.3, -0.25) is 4.79 Å². The van der Waals surface area contributed by atoms with Crippen molar-refractivity contribution in [3.63, 3.8) is 0 Å². The Bertz CT molecular complexity index is 1010. The molecule has 0 aliphatic rings. The second-order valence-electron chi connectivity index (χ2n) is 5.90. The first-order chi connectivity index (χ1) is 13.6. The highest BCUT2D eigenvalue weighted by molar-refractivity contribution is 7.99. The lowest BCUT2D eigenvalue weighted by Crippen LogP contribution is -2.19. The molecular weight excluding hydrogens is 411 g/mol. The average Bonchev–Trinajstić information content (AvgIpc) is 3.15. The fourth-order valence-electron chi connectivity index (χ4n) is 2.41. The number of ether oxygens (including phenoxy) is 1. The van der Waals surface area contributed by atoms with Gasteiger partial charge in [-0.2, -0.15) is 5.10 Å². The van der Waals surface area contributed by atoms with Crippen LogP contribution < -0.4 is 15.9 Å². The number of alkyl halides is 3. The number of hydrogen-bond donors (Lipinski definition) is 2. The molecule has 0 atom stereocenters. The standard InChI is InChI=1S/C16H16F3N7O2S/c1-9-7-10(2)26(24-9)14-22-23-15(25(14)20)29-8-13(27)21-11-3-5-12(6-4-11)28-16(17,18)19/h3-7H,8,20H2,1-2H3,(H,21,27). The van der Waals surface area contributed by atoms with Crippen LogP contribution in [0.4, 0.5) is 18.9 Å². The lowest BCUT2D eigenvalue weighted by Gasteiger charge is -2.10. The highest BCUT2D eigenvalue weighted by Crippen LogP contribution is 2.24. The largest absolute Gasteiger partial charge is 0.573 e. The lowest BCUT2D eigenvalue weighted by atomic mass is 10.3. The monoisotopic (exact) mass is 427 g/mol. The fourth-order valence-corrected chi connectivity index (χ4v) is 3.06. The van der Waals surface area contributed by atoms with Gasteiger partial charge >= 0.3 is 6.36 Å². The van der Waals surface area contributed by atoms with Crippen LogP contribution in [0.25, 0.3) is 5.95 Å². The first-order valence-electron chi connectivity index (χ1n) is 8.15. The van der Waals surface area contributed by atoms with Crippen molar-refractivity contribution < 1.29 is 22.7 Å². The Balaban J connectivity index is 1.58. The van der Waals surface area contributed by atoms with Crippen molar-refractivity contribution in [2.45, 2.75) is 25.4 Å². The van der Waals surface area contributed by atoms with Crippen molar-refractivity contribution in [1.82, 2.24) is 24.7 Å². The molecule has 0 aliphatic heterocycles. The number of aryl methyl sites for hydroxylation is 2. The maximum atomic E-state index is 12.2. The summed E-state index contributed by atoms with van der Waals surface area (Å²) in [6.45, 7) is 3.68. The first-order valence-corrected chi connectivity index (χ1v) is 9.13.